The quantitative estimate of drug-likeness (QED) is 0.483. The number of hydrogen-bond acceptors (Lipinski definition) is 5. The summed E-state index contributed by atoms with van der Waals surface area (Å²) in [6.45, 7) is 2.06. The van der Waals surface area contributed by atoms with E-state index >= 15 is 0 Å². The predicted molar refractivity (Wildman–Crippen MR) is 112 cm³/mol. The number of para-hydroxylation sites is 1. The molecule has 0 spiro atoms. The maximum atomic E-state index is 12.0. The van der Waals surface area contributed by atoms with Gasteiger partial charge in [0, 0.05) is 17.4 Å². The number of amides is 1. The minimum absolute atomic E-state index is 0.257. The third-order valence-corrected chi connectivity index (χ3v) is 4.70. The third kappa shape index (κ3) is 3.39. The second-order valence-corrected chi connectivity index (χ2v) is 6.52. The van der Waals surface area contributed by atoms with E-state index in [2.05, 4.69) is 33.3 Å². The molecule has 1 amide bonds. The summed E-state index contributed by atoms with van der Waals surface area (Å²) in [5.74, 6) is -0.0371. The van der Waals surface area contributed by atoms with Crippen molar-refractivity contribution in [3.05, 3.63) is 71.4 Å². The minimum atomic E-state index is -0.591. The van der Waals surface area contributed by atoms with Gasteiger partial charge in [0.25, 0.3) is 5.91 Å². The molecular weight excluding hydrogens is 364 g/mol. The number of fused-ring (bicyclic) bond motifs is 1. The Morgan fingerprint density at radius 1 is 1.24 bits per heavy atom. The SMILES string of the molecule is CCc1ccccc1Nc1c(C(N)=O)cnc2[nH]c(-c3cccc(C#N)c3)nc12. The van der Waals surface area contributed by atoms with Crippen LogP contribution in [-0.2, 0) is 6.42 Å². The Labute approximate surface area is 167 Å². The highest BCUT2D eigenvalue weighted by molar-refractivity contribution is 6.06. The summed E-state index contributed by atoms with van der Waals surface area (Å²) in [5.41, 5.74) is 10.6. The van der Waals surface area contributed by atoms with Crippen LogP contribution >= 0.6 is 0 Å². The number of nitriles is 1. The Hall–Kier alpha value is -4.18. The zero-order chi connectivity index (χ0) is 20.4. The number of primary amides is 1. The van der Waals surface area contributed by atoms with Crippen LogP contribution in [0.1, 0.15) is 28.4 Å². The normalized spacial score (nSPS) is 10.6. The summed E-state index contributed by atoms with van der Waals surface area (Å²) >= 11 is 0. The van der Waals surface area contributed by atoms with Crippen LogP contribution in [-0.4, -0.2) is 20.9 Å². The molecule has 0 unspecified atom stereocenters. The molecule has 0 radical (unpaired) electrons. The molecule has 4 rings (SSSR count). The summed E-state index contributed by atoms with van der Waals surface area (Å²) in [7, 11) is 0. The van der Waals surface area contributed by atoms with Gasteiger partial charge in [-0.1, -0.05) is 37.3 Å². The molecule has 0 aliphatic carbocycles. The average molecular weight is 382 g/mol. The highest BCUT2D eigenvalue weighted by Gasteiger charge is 2.18. The topological polar surface area (TPSA) is 120 Å². The molecule has 0 aliphatic heterocycles. The number of nitrogens with one attached hydrogen (secondary N) is 2. The molecule has 4 aromatic rings. The van der Waals surface area contributed by atoms with Crippen LogP contribution in [0, 0.1) is 11.3 Å². The number of rotatable bonds is 5. The molecule has 4 N–H and O–H groups in total. The van der Waals surface area contributed by atoms with Crippen molar-refractivity contribution in [1.29, 1.82) is 5.26 Å². The van der Waals surface area contributed by atoms with E-state index in [1.54, 1.807) is 18.2 Å². The summed E-state index contributed by atoms with van der Waals surface area (Å²) in [5, 5.41) is 12.5. The fourth-order valence-corrected chi connectivity index (χ4v) is 3.22. The maximum Gasteiger partial charge on any atom is 0.252 e. The van der Waals surface area contributed by atoms with Gasteiger partial charge in [0.2, 0.25) is 0 Å². The lowest BCUT2D eigenvalue weighted by molar-refractivity contribution is 0.100. The van der Waals surface area contributed by atoms with E-state index < -0.39 is 5.91 Å². The average Bonchev–Trinajstić information content (AvgIpc) is 3.19. The number of pyridine rings is 1. The molecule has 142 valence electrons. The first-order chi connectivity index (χ1) is 14.1. The van der Waals surface area contributed by atoms with Gasteiger partial charge in [-0.2, -0.15) is 5.26 Å². The molecule has 2 aromatic carbocycles. The van der Waals surface area contributed by atoms with Gasteiger partial charge in [-0.15, -0.1) is 0 Å². The highest BCUT2D eigenvalue weighted by atomic mass is 16.1. The first-order valence-corrected chi connectivity index (χ1v) is 9.14. The fourth-order valence-electron chi connectivity index (χ4n) is 3.22. The number of hydrogen-bond donors (Lipinski definition) is 3. The van der Waals surface area contributed by atoms with Gasteiger partial charge in [-0.05, 0) is 30.2 Å². The second kappa shape index (κ2) is 7.44. The van der Waals surface area contributed by atoms with Crippen LogP contribution in [0.5, 0.6) is 0 Å². The van der Waals surface area contributed by atoms with Gasteiger partial charge in [0.1, 0.15) is 11.3 Å². The third-order valence-electron chi connectivity index (χ3n) is 4.70. The van der Waals surface area contributed by atoms with E-state index in [9.17, 15) is 4.79 Å². The molecule has 2 heterocycles. The number of imidazole rings is 1. The summed E-state index contributed by atoms with van der Waals surface area (Å²) in [6, 6.07) is 17.1. The Bertz CT molecular complexity index is 1270. The lowest BCUT2D eigenvalue weighted by Crippen LogP contribution is -2.14. The molecule has 2 aromatic heterocycles. The first kappa shape index (κ1) is 18.2. The van der Waals surface area contributed by atoms with Crippen molar-refractivity contribution in [1.82, 2.24) is 15.0 Å². The van der Waals surface area contributed by atoms with E-state index in [-0.39, 0.29) is 5.56 Å². The van der Waals surface area contributed by atoms with Crippen LogP contribution in [0.3, 0.4) is 0 Å². The van der Waals surface area contributed by atoms with Gasteiger partial charge in [0.05, 0.1) is 22.9 Å². The largest absolute Gasteiger partial charge is 0.365 e. The number of carbonyl (C=O) groups is 1. The monoisotopic (exact) mass is 382 g/mol. The van der Waals surface area contributed by atoms with E-state index in [4.69, 9.17) is 11.0 Å². The van der Waals surface area contributed by atoms with Crippen LogP contribution in [0.2, 0.25) is 0 Å². The number of H-pyrrole nitrogens is 1. The van der Waals surface area contributed by atoms with Crippen LogP contribution < -0.4 is 11.1 Å². The highest BCUT2D eigenvalue weighted by Crippen LogP contribution is 2.31. The van der Waals surface area contributed by atoms with E-state index in [1.165, 1.54) is 6.20 Å². The van der Waals surface area contributed by atoms with Gasteiger partial charge in [0.15, 0.2) is 5.65 Å². The standard InChI is InChI=1S/C22H18N6O/c1-2-14-7-3-4-9-17(14)26-18-16(20(24)29)12-25-22-19(18)27-21(28-22)15-8-5-6-13(10-15)11-23/h3-10,12H,2H2,1H3,(H2,24,29)(H2,25,26,27,28). The number of nitrogens with two attached hydrogens (primary N) is 1. The molecule has 0 saturated heterocycles. The molecule has 0 fully saturated rings. The lowest BCUT2D eigenvalue weighted by Gasteiger charge is -2.13. The van der Waals surface area contributed by atoms with Crippen molar-refractivity contribution >= 4 is 28.4 Å². The van der Waals surface area contributed by atoms with Gasteiger partial charge < -0.3 is 16.0 Å². The van der Waals surface area contributed by atoms with Crippen molar-refractivity contribution in [2.24, 2.45) is 5.73 Å². The summed E-state index contributed by atoms with van der Waals surface area (Å²) < 4.78 is 0. The van der Waals surface area contributed by atoms with E-state index in [0.29, 0.717) is 28.2 Å². The molecule has 0 atom stereocenters. The molecule has 29 heavy (non-hydrogen) atoms. The number of aromatic amines is 1. The Balaban J connectivity index is 1.89. The number of aromatic nitrogens is 3. The molecule has 0 bridgehead atoms. The van der Waals surface area contributed by atoms with Crippen molar-refractivity contribution in [3.8, 4) is 17.5 Å². The van der Waals surface area contributed by atoms with Crippen molar-refractivity contribution in [3.63, 3.8) is 0 Å². The molecule has 7 nitrogen and oxygen atoms in total. The minimum Gasteiger partial charge on any atom is -0.365 e. The molecule has 0 aliphatic rings. The van der Waals surface area contributed by atoms with Crippen LogP contribution in [0.25, 0.3) is 22.6 Å². The zero-order valence-electron chi connectivity index (χ0n) is 15.7. The van der Waals surface area contributed by atoms with Crippen LogP contribution in [0.4, 0.5) is 11.4 Å². The maximum absolute atomic E-state index is 12.0. The molecule has 0 saturated carbocycles. The number of nitrogens with zero attached hydrogens (tertiary/aromatic N) is 3. The number of anilines is 2. The van der Waals surface area contributed by atoms with Crippen molar-refractivity contribution in [2.75, 3.05) is 5.32 Å². The van der Waals surface area contributed by atoms with Gasteiger partial charge >= 0.3 is 0 Å². The molecule has 7 heteroatoms. The second-order valence-electron chi connectivity index (χ2n) is 6.52. The first-order valence-electron chi connectivity index (χ1n) is 9.14. The van der Waals surface area contributed by atoms with E-state index in [1.807, 2.05) is 30.3 Å². The van der Waals surface area contributed by atoms with Crippen molar-refractivity contribution in [2.45, 2.75) is 13.3 Å². The van der Waals surface area contributed by atoms with Gasteiger partial charge in [-0.25, -0.2) is 9.97 Å². The number of benzene rings is 2. The Morgan fingerprint density at radius 2 is 2.07 bits per heavy atom. The van der Waals surface area contributed by atoms with Crippen molar-refractivity contribution < 1.29 is 4.79 Å². The van der Waals surface area contributed by atoms with Crippen LogP contribution in [0.15, 0.2) is 54.7 Å². The molecular formula is C22H18N6O. The Kier molecular flexibility index (Phi) is 4.67. The fraction of sp³-hybridized carbons (Fsp3) is 0.0909. The number of carbonyl (C=O) groups excluding carboxylic acids is 1. The predicted octanol–water partition coefficient (Wildman–Crippen LogP) is 3.90. The lowest BCUT2D eigenvalue weighted by atomic mass is 10.1. The smallest absolute Gasteiger partial charge is 0.252 e. The summed E-state index contributed by atoms with van der Waals surface area (Å²) in [4.78, 5) is 24.2. The van der Waals surface area contributed by atoms with Gasteiger partial charge in [-0.3, -0.25) is 4.79 Å². The zero-order valence-corrected chi connectivity index (χ0v) is 15.7. The summed E-state index contributed by atoms with van der Waals surface area (Å²) in [6.07, 6.45) is 2.27. The number of aryl methyl sites for hydroxylation is 1. The van der Waals surface area contributed by atoms with E-state index in [0.717, 1.165) is 23.2 Å². The Morgan fingerprint density at radius 3 is 2.83 bits per heavy atom.